The van der Waals surface area contributed by atoms with Crippen molar-refractivity contribution in [1.82, 2.24) is 9.88 Å². The van der Waals surface area contributed by atoms with Crippen molar-refractivity contribution < 1.29 is 0 Å². The molecule has 0 aliphatic carbocycles. The Bertz CT molecular complexity index is 290. The van der Waals surface area contributed by atoms with E-state index in [1.54, 1.807) is 0 Å². The monoisotopic (exact) mass is 224 g/mol. The lowest BCUT2D eigenvalue weighted by Crippen LogP contribution is -2.25. The first-order valence-electron chi connectivity index (χ1n) is 5.74. The highest BCUT2D eigenvalue weighted by Gasteiger charge is 2.12. The summed E-state index contributed by atoms with van der Waals surface area (Å²) in [5.74, 6) is 3.63. The van der Waals surface area contributed by atoms with E-state index < -0.39 is 0 Å². The van der Waals surface area contributed by atoms with Crippen LogP contribution in [0.5, 0.6) is 0 Å². The van der Waals surface area contributed by atoms with Crippen LogP contribution in [0.4, 0.5) is 0 Å². The van der Waals surface area contributed by atoms with E-state index >= 15 is 0 Å². The van der Waals surface area contributed by atoms with Crippen molar-refractivity contribution in [3.05, 3.63) is 24.0 Å². The van der Waals surface area contributed by atoms with Crippen LogP contribution in [0.2, 0.25) is 0 Å². The Morgan fingerprint density at radius 2 is 2.27 bits per heavy atom. The van der Waals surface area contributed by atoms with Gasteiger partial charge < -0.3 is 9.88 Å². The Balaban J connectivity index is 1.65. The average Bonchev–Trinajstić information content (AvgIpc) is 2.66. The van der Waals surface area contributed by atoms with E-state index in [4.69, 9.17) is 0 Å². The minimum absolute atomic E-state index is 0.912. The number of thioether (sulfide) groups is 1. The van der Waals surface area contributed by atoms with E-state index in [1.165, 1.54) is 36.5 Å². The third-order valence-corrected chi connectivity index (χ3v) is 4.04. The van der Waals surface area contributed by atoms with Gasteiger partial charge in [0.05, 0.1) is 0 Å². The van der Waals surface area contributed by atoms with E-state index in [1.807, 2.05) is 0 Å². The molecule has 3 heteroatoms. The molecular weight excluding hydrogens is 204 g/mol. The Morgan fingerprint density at radius 1 is 1.47 bits per heavy atom. The van der Waals surface area contributed by atoms with E-state index in [2.05, 4.69) is 47.2 Å². The van der Waals surface area contributed by atoms with Gasteiger partial charge in [0.1, 0.15) is 0 Å². The first kappa shape index (κ1) is 11.1. The molecule has 0 spiro atoms. The van der Waals surface area contributed by atoms with Crippen LogP contribution in [0.25, 0.3) is 0 Å². The molecule has 1 N–H and O–H groups in total. The SMILES string of the molecule is Cn1ccc(CNCC2CCSCC2)c1. The summed E-state index contributed by atoms with van der Waals surface area (Å²) >= 11 is 2.10. The van der Waals surface area contributed by atoms with Gasteiger partial charge in [0.2, 0.25) is 0 Å². The lowest BCUT2D eigenvalue weighted by Gasteiger charge is -2.21. The summed E-state index contributed by atoms with van der Waals surface area (Å²) in [5.41, 5.74) is 1.39. The second-order valence-corrected chi connectivity index (χ2v) is 5.60. The summed E-state index contributed by atoms with van der Waals surface area (Å²) in [6.07, 6.45) is 7.08. The van der Waals surface area contributed by atoms with Gasteiger partial charge in [-0.3, -0.25) is 0 Å². The molecule has 2 rings (SSSR count). The number of aromatic nitrogens is 1. The van der Waals surface area contributed by atoms with Crippen molar-refractivity contribution in [2.75, 3.05) is 18.1 Å². The number of hydrogen-bond acceptors (Lipinski definition) is 2. The molecule has 1 aliphatic heterocycles. The van der Waals surface area contributed by atoms with Gasteiger partial charge in [-0.2, -0.15) is 11.8 Å². The topological polar surface area (TPSA) is 17.0 Å². The molecule has 0 radical (unpaired) electrons. The Hall–Kier alpha value is -0.410. The molecule has 1 aromatic rings. The van der Waals surface area contributed by atoms with Crippen molar-refractivity contribution >= 4 is 11.8 Å². The van der Waals surface area contributed by atoms with Gasteiger partial charge in [-0.05, 0) is 48.4 Å². The van der Waals surface area contributed by atoms with Gasteiger partial charge in [0, 0.05) is 26.0 Å². The zero-order valence-electron chi connectivity index (χ0n) is 9.41. The summed E-state index contributed by atoms with van der Waals surface area (Å²) in [4.78, 5) is 0. The lowest BCUT2D eigenvalue weighted by atomic mass is 10.0. The molecule has 84 valence electrons. The lowest BCUT2D eigenvalue weighted by molar-refractivity contribution is 0.447. The smallest absolute Gasteiger partial charge is 0.0220 e. The van der Waals surface area contributed by atoms with E-state index in [9.17, 15) is 0 Å². The fourth-order valence-corrected chi connectivity index (χ4v) is 3.24. The standard InChI is InChI=1S/C12H20N2S/c1-14-5-2-12(10-14)9-13-8-11-3-6-15-7-4-11/h2,5,10-11,13H,3-4,6-9H2,1H3. The van der Waals surface area contributed by atoms with Crippen LogP contribution in [-0.2, 0) is 13.6 Å². The molecule has 2 heterocycles. The van der Waals surface area contributed by atoms with Gasteiger partial charge >= 0.3 is 0 Å². The fraction of sp³-hybridized carbons (Fsp3) is 0.667. The molecule has 0 atom stereocenters. The van der Waals surface area contributed by atoms with Crippen LogP contribution >= 0.6 is 11.8 Å². The molecule has 0 unspecified atom stereocenters. The molecule has 0 bridgehead atoms. The molecule has 2 nitrogen and oxygen atoms in total. The van der Waals surface area contributed by atoms with Crippen LogP contribution < -0.4 is 5.32 Å². The molecule has 1 fully saturated rings. The minimum atomic E-state index is 0.912. The van der Waals surface area contributed by atoms with Crippen LogP contribution in [0, 0.1) is 5.92 Å². The Kier molecular flexibility index (Phi) is 4.15. The molecule has 0 aromatic carbocycles. The van der Waals surface area contributed by atoms with Crippen molar-refractivity contribution in [2.45, 2.75) is 19.4 Å². The average molecular weight is 224 g/mol. The van der Waals surface area contributed by atoms with Crippen LogP contribution in [0.15, 0.2) is 18.5 Å². The molecule has 15 heavy (non-hydrogen) atoms. The van der Waals surface area contributed by atoms with Gasteiger partial charge in [-0.25, -0.2) is 0 Å². The number of hydrogen-bond donors (Lipinski definition) is 1. The van der Waals surface area contributed by atoms with Gasteiger partial charge in [0.25, 0.3) is 0 Å². The molecule has 1 aromatic heterocycles. The maximum absolute atomic E-state index is 3.56. The van der Waals surface area contributed by atoms with Crippen molar-refractivity contribution in [3.8, 4) is 0 Å². The Morgan fingerprint density at radius 3 is 2.93 bits per heavy atom. The number of nitrogens with zero attached hydrogens (tertiary/aromatic N) is 1. The van der Waals surface area contributed by atoms with Crippen LogP contribution in [-0.4, -0.2) is 22.6 Å². The summed E-state index contributed by atoms with van der Waals surface area (Å²) < 4.78 is 2.11. The molecule has 1 aliphatic rings. The predicted molar refractivity (Wildman–Crippen MR) is 67.2 cm³/mol. The first-order chi connectivity index (χ1) is 7.34. The summed E-state index contributed by atoms with van der Waals surface area (Å²) in [6, 6.07) is 2.18. The molecular formula is C12H20N2S. The number of rotatable bonds is 4. The summed E-state index contributed by atoms with van der Waals surface area (Å²) in [7, 11) is 2.07. The van der Waals surface area contributed by atoms with Gasteiger partial charge in [0.15, 0.2) is 0 Å². The summed E-state index contributed by atoms with van der Waals surface area (Å²) in [5, 5.41) is 3.56. The van der Waals surface area contributed by atoms with Gasteiger partial charge in [-0.1, -0.05) is 0 Å². The fourth-order valence-electron chi connectivity index (χ4n) is 2.04. The molecule has 0 saturated carbocycles. The zero-order chi connectivity index (χ0) is 10.5. The van der Waals surface area contributed by atoms with Crippen molar-refractivity contribution in [2.24, 2.45) is 13.0 Å². The molecule has 1 saturated heterocycles. The molecule has 0 amide bonds. The zero-order valence-corrected chi connectivity index (χ0v) is 10.2. The number of nitrogens with one attached hydrogen (secondary N) is 1. The second-order valence-electron chi connectivity index (χ2n) is 4.37. The van der Waals surface area contributed by atoms with E-state index in [0.717, 1.165) is 12.5 Å². The largest absolute Gasteiger partial charge is 0.357 e. The summed E-state index contributed by atoms with van der Waals surface area (Å²) in [6.45, 7) is 2.21. The van der Waals surface area contributed by atoms with Crippen LogP contribution in [0.1, 0.15) is 18.4 Å². The third kappa shape index (κ3) is 3.58. The highest BCUT2D eigenvalue weighted by molar-refractivity contribution is 7.99. The highest BCUT2D eigenvalue weighted by Crippen LogP contribution is 2.21. The van der Waals surface area contributed by atoms with Crippen molar-refractivity contribution in [3.63, 3.8) is 0 Å². The van der Waals surface area contributed by atoms with E-state index in [-0.39, 0.29) is 0 Å². The predicted octanol–water partition coefficient (Wildman–Crippen LogP) is 2.26. The minimum Gasteiger partial charge on any atom is -0.357 e. The maximum atomic E-state index is 3.56. The number of aryl methyl sites for hydroxylation is 1. The van der Waals surface area contributed by atoms with Crippen molar-refractivity contribution in [1.29, 1.82) is 0 Å². The first-order valence-corrected chi connectivity index (χ1v) is 6.89. The quantitative estimate of drug-likeness (QED) is 0.845. The second kappa shape index (κ2) is 5.61. The third-order valence-electron chi connectivity index (χ3n) is 3.00. The Labute approximate surface area is 96.4 Å². The van der Waals surface area contributed by atoms with Crippen LogP contribution in [0.3, 0.4) is 0 Å². The van der Waals surface area contributed by atoms with Gasteiger partial charge in [-0.15, -0.1) is 0 Å². The van der Waals surface area contributed by atoms with E-state index in [0.29, 0.717) is 0 Å². The normalized spacial score (nSPS) is 18.2. The maximum Gasteiger partial charge on any atom is 0.0220 e. The highest BCUT2D eigenvalue weighted by atomic mass is 32.2.